The van der Waals surface area contributed by atoms with Gasteiger partial charge in [-0.05, 0) is 23.8 Å². The summed E-state index contributed by atoms with van der Waals surface area (Å²) in [6.45, 7) is 0. The number of halogens is 6. The van der Waals surface area contributed by atoms with E-state index in [-0.39, 0.29) is 26.2 Å². The number of rotatable bonds is 2. The Morgan fingerprint density at radius 3 is 2.23 bits per heavy atom. The summed E-state index contributed by atoms with van der Waals surface area (Å²) >= 11 is 17.6. The molecule has 0 heterocycles. The van der Waals surface area contributed by atoms with E-state index in [1.807, 2.05) is 0 Å². The van der Waals surface area contributed by atoms with Crippen molar-refractivity contribution in [1.82, 2.24) is 0 Å². The van der Waals surface area contributed by atoms with Gasteiger partial charge in [0.05, 0.1) is 15.0 Å². The zero-order valence-electron chi connectivity index (χ0n) is 10.4. The number of nitrogens with zero attached hydrogens (tertiary/aromatic N) is 1. The molecule has 0 aliphatic heterocycles. The Kier molecular flexibility index (Phi) is 4.56. The molecule has 0 amide bonds. The van der Waals surface area contributed by atoms with Crippen molar-refractivity contribution in [3.05, 3.63) is 61.1 Å². The van der Waals surface area contributed by atoms with Crippen LogP contribution in [0, 0.1) is 10.1 Å². The number of hydrogen-bond donors (Lipinski definition) is 0. The number of nitro benzene ring substituents is 1. The highest BCUT2D eigenvalue weighted by atomic mass is 35.5. The summed E-state index contributed by atoms with van der Waals surface area (Å²) in [5.41, 5.74) is -2.10. The fourth-order valence-electron chi connectivity index (χ4n) is 1.86. The second-order valence-electron chi connectivity index (χ2n) is 4.24. The second-order valence-corrected chi connectivity index (χ2v) is 5.46. The molecule has 2 rings (SSSR count). The molecule has 0 aliphatic rings. The van der Waals surface area contributed by atoms with E-state index in [0.717, 1.165) is 12.1 Å². The zero-order chi connectivity index (χ0) is 16.7. The third-order valence-corrected chi connectivity index (χ3v) is 3.82. The van der Waals surface area contributed by atoms with Crippen molar-refractivity contribution in [2.24, 2.45) is 0 Å². The Morgan fingerprint density at radius 2 is 1.68 bits per heavy atom. The first kappa shape index (κ1) is 16.9. The summed E-state index contributed by atoms with van der Waals surface area (Å²) in [6.07, 6.45) is -4.84. The Hall–Kier alpha value is -1.50. The number of hydrogen-bond acceptors (Lipinski definition) is 2. The topological polar surface area (TPSA) is 43.1 Å². The van der Waals surface area contributed by atoms with Gasteiger partial charge in [0.2, 0.25) is 0 Å². The average Bonchev–Trinajstić information content (AvgIpc) is 2.41. The lowest BCUT2D eigenvalue weighted by molar-refractivity contribution is -0.388. The van der Waals surface area contributed by atoms with Crippen LogP contribution in [0.1, 0.15) is 5.56 Å². The minimum absolute atomic E-state index is 0.0418. The molecule has 0 saturated carbocycles. The van der Waals surface area contributed by atoms with E-state index in [4.69, 9.17) is 34.8 Å². The second kappa shape index (κ2) is 5.95. The molecular weight excluding hydrogens is 366 g/mol. The van der Waals surface area contributed by atoms with E-state index in [2.05, 4.69) is 0 Å². The zero-order valence-corrected chi connectivity index (χ0v) is 12.7. The van der Waals surface area contributed by atoms with Crippen molar-refractivity contribution in [2.45, 2.75) is 6.18 Å². The van der Waals surface area contributed by atoms with Crippen molar-refractivity contribution in [2.75, 3.05) is 0 Å². The van der Waals surface area contributed by atoms with E-state index >= 15 is 0 Å². The normalized spacial score (nSPS) is 11.5. The summed E-state index contributed by atoms with van der Waals surface area (Å²) in [5, 5.41) is 11.2. The summed E-state index contributed by atoms with van der Waals surface area (Å²) in [6, 6.07) is 5.20. The highest BCUT2D eigenvalue weighted by Gasteiger charge is 2.38. The fraction of sp³-hybridized carbons (Fsp3) is 0.0769. The molecule has 0 aliphatic carbocycles. The van der Waals surface area contributed by atoms with Crippen LogP contribution in [0.5, 0.6) is 0 Å². The van der Waals surface area contributed by atoms with Crippen LogP contribution in [-0.2, 0) is 6.18 Å². The summed E-state index contributed by atoms with van der Waals surface area (Å²) in [7, 11) is 0. The van der Waals surface area contributed by atoms with Gasteiger partial charge in [0.1, 0.15) is 5.56 Å². The Labute approximate surface area is 137 Å². The van der Waals surface area contributed by atoms with E-state index in [9.17, 15) is 23.3 Å². The molecular formula is C13H5Cl3F3NO2. The van der Waals surface area contributed by atoms with Crippen LogP contribution in [0.2, 0.25) is 15.1 Å². The third kappa shape index (κ3) is 3.29. The molecule has 9 heteroatoms. The molecule has 116 valence electrons. The van der Waals surface area contributed by atoms with Gasteiger partial charge >= 0.3 is 6.18 Å². The minimum Gasteiger partial charge on any atom is -0.258 e. The molecule has 0 bridgehead atoms. The average molecular weight is 371 g/mol. The number of benzene rings is 2. The lowest BCUT2D eigenvalue weighted by Gasteiger charge is -2.11. The van der Waals surface area contributed by atoms with Gasteiger partial charge in [-0.3, -0.25) is 10.1 Å². The first-order valence-corrected chi connectivity index (χ1v) is 6.75. The molecule has 0 atom stereocenters. The molecule has 0 radical (unpaired) electrons. The largest absolute Gasteiger partial charge is 0.422 e. The van der Waals surface area contributed by atoms with Gasteiger partial charge in [0.15, 0.2) is 0 Å². The molecule has 0 spiro atoms. The predicted octanol–water partition coefficient (Wildman–Crippen LogP) is 6.24. The fourth-order valence-corrected chi connectivity index (χ4v) is 2.57. The van der Waals surface area contributed by atoms with Crippen LogP contribution in [0.3, 0.4) is 0 Å². The highest BCUT2D eigenvalue weighted by molar-refractivity contribution is 6.45. The van der Waals surface area contributed by atoms with Gasteiger partial charge in [0, 0.05) is 16.7 Å². The monoisotopic (exact) mass is 369 g/mol. The molecule has 0 fully saturated rings. The van der Waals surface area contributed by atoms with Gasteiger partial charge in [-0.1, -0.05) is 40.9 Å². The van der Waals surface area contributed by atoms with Crippen molar-refractivity contribution in [1.29, 1.82) is 0 Å². The Balaban J connectivity index is 2.69. The smallest absolute Gasteiger partial charge is 0.258 e. The maximum absolute atomic E-state index is 12.8. The number of nitro groups is 1. The van der Waals surface area contributed by atoms with Gasteiger partial charge in [-0.25, -0.2) is 0 Å². The predicted molar refractivity (Wildman–Crippen MR) is 78.6 cm³/mol. The quantitative estimate of drug-likeness (QED) is 0.357. The van der Waals surface area contributed by atoms with Gasteiger partial charge in [0.25, 0.3) is 5.69 Å². The molecule has 2 aromatic rings. The van der Waals surface area contributed by atoms with Gasteiger partial charge in [-0.2, -0.15) is 13.2 Å². The maximum Gasteiger partial charge on any atom is 0.422 e. The van der Waals surface area contributed by atoms with Crippen molar-refractivity contribution >= 4 is 40.5 Å². The standard InChI is InChI=1S/C13H5Cl3F3NO2/c14-7-4-8(12(16)10(15)5-7)6-1-2-9(13(17,18)19)11(3-6)20(21)22/h1-5H. The van der Waals surface area contributed by atoms with E-state index < -0.39 is 22.4 Å². The van der Waals surface area contributed by atoms with Crippen molar-refractivity contribution in [3.63, 3.8) is 0 Å². The molecule has 0 unspecified atom stereocenters. The molecule has 3 nitrogen and oxygen atoms in total. The summed E-state index contributed by atoms with van der Waals surface area (Å²) in [4.78, 5) is 9.79. The van der Waals surface area contributed by atoms with Gasteiger partial charge in [-0.15, -0.1) is 0 Å². The van der Waals surface area contributed by atoms with Crippen LogP contribution >= 0.6 is 34.8 Å². The first-order valence-electron chi connectivity index (χ1n) is 5.62. The van der Waals surface area contributed by atoms with E-state index in [0.29, 0.717) is 6.07 Å². The molecule has 2 aromatic carbocycles. The van der Waals surface area contributed by atoms with Gasteiger partial charge < -0.3 is 0 Å². The molecule has 22 heavy (non-hydrogen) atoms. The highest BCUT2D eigenvalue weighted by Crippen LogP contribution is 2.41. The van der Waals surface area contributed by atoms with Crippen LogP contribution in [0.4, 0.5) is 18.9 Å². The van der Waals surface area contributed by atoms with Crippen LogP contribution in [-0.4, -0.2) is 4.92 Å². The third-order valence-electron chi connectivity index (χ3n) is 2.80. The lowest BCUT2D eigenvalue weighted by Crippen LogP contribution is -2.08. The van der Waals surface area contributed by atoms with E-state index in [1.54, 1.807) is 0 Å². The van der Waals surface area contributed by atoms with E-state index in [1.165, 1.54) is 12.1 Å². The maximum atomic E-state index is 12.8. The Bertz CT molecular complexity index is 763. The molecule has 0 saturated heterocycles. The molecule has 0 N–H and O–H groups in total. The van der Waals surface area contributed by atoms with Crippen LogP contribution < -0.4 is 0 Å². The minimum atomic E-state index is -4.84. The van der Waals surface area contributed by atoms with Crippen LogP contribution in [0.15, 0.2) is 30.3 Å². The lowest BCUT2D eigenvalue weighted by atomic mass is 10.0. The van der Waals surface area contributed by atoms with Crippen LogP contribution in [0.25, 0.3) is 11.1 Å². The molecule has 0 aromatic heterocycles. The Morgan fingerprint density at radius 1 is 1.05 bits per heavy atom. The first-order chi connectivity index (χ1) is 10.1. The summed E-state index contributed by atoms with van der Waals surface area (Å²) < 4.78 is 38.3. The number of alkyl halides is 3. The SMILES string of the molecule is O=[N+]([O-])c1cc(-c2cc(Cl)cc(Cl)c2Cl)ccc1C(F)(F)F. The van der Waals surface area contributed by atoms with Crippen molar-refractivity contribution in [3.8, 4) is 11.1 Å². The van der Waals surface area contributed by atoms with Crippen molar-refractivity contribution < 1.29 is 18.1 Å². The summed E-state index contributed by atoms with van der Waals surface area (Å²) in [5.74, 6) is 0.